The second kappa shape index (κ2) is 7.09. The topological polar surface area (TPSA) is 55.7 Å². The third-order valence-electron chi connectivity index (χ3n) is 4.70. The van der Waals surface area contributed by atoms with Gasteiger partial charge in [0, 0.05) is 19.2 Å². The fourth-order valence-electron chi connectivity index (χ4n) is 3.12. The Morgan fingerprint density at radius 1 is 1.36 bits per heavy atom. The molecule has 1 atom stereocenters. The lowest BCUT2D eigenvalue weighted by atomic mass is 9.99. The SMILES string of the molecule is CC1CCN(c2ccc(C(=O)NC[C@@H]3CCCO3)c[nH+]2)CC1. The van der Waals surface area contributed by atoms with E-state index in [0.717, 1.165) is 44.3 Å². The third-order valence-corrected chi connectivity index (χ3v) is 4.70. The van der Waals surface area contributed by atoms with E-state index in [2.05, 4.69) is 22.1 Å². The zero-order valence-corrected chi connectivity index (χ0v) is 13.3. The van der Waals surface area contributed by atoms with Crippen molar-refractivity contribution in [3.05, 3.63) is 23.9 Å². The second-order valence-electron chi connectivity index (χ2n) is 6.48. The molecule has 0 aromatic carbocycles. The molecular formula is C17H26N3O2+. The van der Waals surface area contributed by atoms with Crippen LogP contribution in [0.15, 0.2) is 18.3 Å². The van der Waals surface area contributed by atoms with Crippen LogP contribution in [0.25, 0.3) is 0 Å². The first kappa shape index (κ1) is 15.3. The third kappa shape index (κ3) is 3.77. The van der Waals surface area contributed by atoms with Gasteiger partial charge in [-0.3, -0.25) is 9.69 Å². The van der Waals surface area contributed by atoms with Gasteiger partial charge in [-0.05, 0) is 37.7 Å². The van der Waals surface area contributed by atoms with Gasteiger partial charge < -0.3 is 10.1 Å². The maximum atomic E-state index is 12.1. The zero-order valence-electron chi connectivity index (χ0n) is 13.3. The number of ether oxygens (including phenoxy) is 1. The Balaban J connectivity index is 1.53. The number of H-pyrrole nitrogens is 1. The molecule has 0 bridgehead atoms. The van der Waals surface area contributed by atoms with Crippen molar-refractivity contribution in [2.75, 3.05) is 31.1 Å². The highest BCUT2D eigenvalue weighted by Crippen LogP contribution is 2.19. The van der Waals surface area contributed by atoms with E-state index < -0.39 is 0 Å². The van der Waals surface area contributed by atoms with Crippen LogP contribution >= 0.6 is 0 Å². The van der Waals surface area contributed by atoms with Gasteiger partial charge in [-0.2, -0.15) is 0 Å². The van der Waals surface area contributed by atoms with Crippen LogP contribution in [0.5, 0.6) is 0 Å². The van der Waals surface area contributed by atoms with Crippen LogP contribution in [0.3, 0.4) is 0 Å². The number of carbonyl (C=O) groups is 1. The fourth-order valence-corrected chi connectivity index (χ4v) is 3.12. The first-order chi connectivity index (χ1) is 10.7. The van der Waals surface area contributed by atoms with Gasteiger partial charge in [-0.25, -0.2) is 4.98 Å². The van der Waals surface area contributed by atoms with Gasteiger partial charge in [0.25, 0.3) is 11.7 Å². The summed E-state index contributed by atoms with van der Waals surface area (Å²) in [5, 5.41) is 2.95. The van der Waals surface area contributed by atoms with E-state index in [-0.39, 0.29) is 12.0 Å². The van der Waals surface area contributed by atoms with Gasteiger partial charge in [-0.15, -0.1) is 0 Å². The number of pyridine rings is 1. The van der Waals surface area contributed by atoms with Crippen LogP contribution in [0.1, 0.15) is 43.0 Å². The molecular weight excluding hydrogens is 278 g/mol. The van der Waals surface area contributed by atoms with Gasteiger partial charge in [0.2, 0.25) is 0 Å². The Hall–Kier alpha value is -1.62. The summed E-state index contributed by atoms with van der Waals surface area (Å²) in [5.74, 6) is 1.88. The second-order valence-corrected chi connectivity index (χ2v) is 6.48. The Labute approximate surface area is 132 Å². The van der Waals surface area contributed by atoms with Crippen molar-refractivity contribution in [3.63, 3.8) is 0 Å². The largest absolute Gasteiger partial charge is 0.376 e. The van der Waals surface area contributed by atoms with Crippen molar-refractivity contribution in [2.24, 2.45) is 5.92 Å². The molecule has 0 unspecified atom stereocenters. The standard InChI is InChI=1S/C17H25N3O2/c1-13-6-8-20(9-7-13)16-5-4-14(11-18-16)17(21)19-12-15-3-2-10-22-15/h4-5,11,13,15H,2-3,6-10,12H2,1H3,(H,19,21)/p+1/t15-/m0/s1. The van der Waals surface area contributed by atoms with Gasteiger partial charge in [0.15, 0.2) is 0 Å². The maximum absolute atomic E-state index is 12.1. The number of aromatic nitrogens is 1. The molecule has 5 nitrogen and oxygen atoms in total. The highest BCUT2D eigenvalue weighted by atomic mass is 16.5. The summed E-state index contributed by atoms with van der Waals surface area (Å²) in [5.41, 5.74) is 0.673. The summed E-state index contributed by atoms with van der Waals surface area (Å²) in [6.45, 7) is 5.90. The van der Waals surface area contributed by atoms with Gasteiger partial charge in [0.1, 0.15) is 6.20 Å². The molecule has 2 aliphatic rings. The molecule has 2 N–H and O–H groups in total. The summed E-state index contributed by atoms with van der Waals surface area (Å²) >= 11 is 0. The minimum absolute atomic E-state index is 0.0365. The molecule has 2 saturated heterocycles. The van der Waals surface area contributed by atoms with E-state index in [1.807, 2.05) is 12.1 Å². The average Bonchev–Trinajstić information content (AvgIpc) is 3.07. The number of aromatic amines is 1. The number of nitrogens with zero attached hydrogens (tertiary/aromatic N) is 1. The summed E-state index contributed by atoms with van der Waals surface area (Å²) in [6, 6.07) is 3.91. The van der Waals surface area contributed by atoms with Crippen LogP contribution in [-0.2, 0) is 4.74 Å². The molecule has 22 heavy (non-hydrogen) atoms. The van der Waals surface area contributed by atoms with Crippen molar-refractivity contribution in [1.82, 2.24) is 5.32 Å². The van der Waals surface area contributed by atoms with Crippen molar-refractivity contribution in [1.29, 1.82) is 0 Å². The molecule has 1 amide bonds. The molecule has 0 radical (unpaired) electrons. The number of carbonyl (C=O) groups excluding carboxylic acids is 1. The lowest BCUT2D eigenvalue weighted by Crippen LogP contribution is -2.37. The van der Waals surface area contributed by atoms with Crippen molar-refractivity contribution in [3.8, 4) is 0 Å². The zero-order chi connectivity index (χ0) is 15.4. The molecule has 2 fully saturated rings. The fraction of sp³-hybridized carbons (Fsp3) is 0.647. The van der Waals surface area contributed by atoms with Gasteiger partial charge in [0.05, 0.1) is 24.8 Å². The van der Waals surface area contributed by atoms with E-state index in [0.29, 0.717) is 12.1 Å². The molecule has 120 valence electrons. The summed E-state index contributed by atoms with van der Waals surface area (Å²) in [6.07, 6.45) is 6.59. The smallest absolute Gasteiger partial charge is 0.274 e. The molecule has 2 aliphatic heterocycles. The normalized spacial score (nSPS) is 22.8. The lowest BCUT2D eigenvalue weighted by Gasteiger charge is -2.25. The molecule has 3 rings (SSSR count). The number of hydrogen-bond acceptors (Lipinski definition) is 3. The quantitative estimate of drug-likeness (QED) is 0.920. The van der Waals surface area contributed by atoms with E-state index in [1.54, 1.807) is 6.20 Å². The first-order valence-corrected chi connectivity index (χ1v) is 8.39. The number of anilines is 1. The van der Waals surface area contributed by atoms with Crippen LogP contribution in [0.4, 0.5) is 5.82 Å². The average molecular weight is 304 g/mol. The molecule has 0 aliphatic carbocycles. The van der Waals surface area contributed by atoms with Crippen LogP contribution in [0.2, 0.25) is 0 Å². The van der Waals surface area contributed by atoms with Gasteiger partial charge in [-0.1, -0.05) is 6.92 Å². The highest BCUT2D eigenvalue weighted by Gasteiger charge is 2.23. The number of nitrogens with one attached hydrogen (secondary N) is 2. The molecule has 1 aromatic heterocycles. The van der Waals surface area contributed by atoms with Crippen molar-refractivity contribution < 1.29 is 14.5 Å². The van der Waals surface area contributed by atoms with E-state index >= 15 is 0 Å². The summed E-state index contributed by atoms with van der Waals surface area (Å²) in [4.78, 5) is 17.8. The van der Waals surface area contributed by atoms with E-state index in [9.17, 15) is 4.79 Å². The number of hydrogen-bond donors (Lipinski definition) is 1. The molecule has 0 spiro atoms. The minimum Gasteiger partial charge on any atom is -0.376 e. The summed E-state index contributed by atoms with van der Waals surface area (Å²) < 4.78 is 5.52. The van der Waals surface area contributed by atoms with E-state index in [4.69, 9.17) is 4.74 Å². The molecule has 1 aromatic rings. The highest BCUT2D eigenvalue weighted by molar-refractivity contribution is 5.93. The molecule has 3 heterocycles. The predicted molar refractivity (Wildman–Crippen MR) is 84.9 cm³/mol. The summed E-state index contributed by atoms with van der Waals surface area (Å²) in [7, 11) is 0. The van der Waals surface area contributed by atoms with Crippen LogP contribution in [0, 0.1) is 5.92 Å². The van der Waals surface area contributed by atoms with Crippen molar-refractivity contribution >= 4 is 11.7 Å². The van der Waals surface area contributed by atoms with Crippen molar-refractivity contribution in [2.45, 2.75) is 38.7 Å². The molecule has 0 saturated carbocycles. The van der Waals surface area contributed by atoms with Crippen LogP contribution in [-0.4, -0.2) is 38.3 Å². The number of amides is 1. The number of rotatable bonds is 4. The predicted octanol–water partition coefficient (Wildman–Crippen LogP) is 1.65. The Morgan fingerprint density at radius 2 is 2.18 bits per heavy atom. The monoisotopic (exact) mass is 304 g/mol. The lowest BCUT2D eigenvalue weighted by molar-refractivity contribution is -0.364. The first-order valence-electron chi connectivity index (χ1n) is 8.39. The minimum atomic E-state index is -0.0365. The Morgan fingerprint density at radius 3 is 2.82 bits per heavy atom. The van der Waals surface area contributed by atoms with Crippen LogP contribution < -0.4 is 15.2 Å². The Kier molecular flexibility index (Phi) is 4.93. The number of piperidine rings is 1. The van der Waals surface area contributed by atoms with E-state index in [1.165, 1.54) is 12.8 Å². The molecule has 5 heteroatoms. The Bertz CT molecular complexity index is 489. The van der Waals surface area contributed by atoms with Gasteiger partial charge >= 0.3 is 0 Å². The maximum Gasteiger partial charge on any atom is 0.274 e.